The minimum absolute atomic E-state index is 0.212. The maximum atomic E-state index is 12.7. The fraction of sp³-hybridized carbons (Fsp3) is 0.667. The van der Waals surface area contributed by atoms with Crippen LogP contribution in [0, 0.1) is 0 Å². The zero-order chi connectivity index (χ0) is 19.0. The van der Waals surface area contributed by atoms with Crippen molar-refractivity contribution in [1.29, 1.82) is 0 Å². The monoisotopic (exact) mass is 347 g/mol. The summed E-state index contributed by atoms with van der Waals surface area (Å²) in [4.78, 5) is 17.3. The third kappa shape index (κ3) is 5.82. The van der Waals surface area contributed by atoms with Gasteiger partial charge in [-0.1, -0.05) is 37.3 Å². The van der Waals surface area contributed by atoms with Gasteiger partial charge in [-0.3, -0.25) is 9.69 Å². The zero-order valence-corrected chi connectivity index (χ0v) is 17.0. The summed E-state index contributed by atoms with van der Waals surface area (Å²) in [5, 5.41) is 0. The maximum absolute atomic E-state index is 12.7. The number of benzene rings is 1. The summed E-state index contributed by atoms with van der Waals surface area (Å²) in [6, 6.07) is 11.0. The largest absolute Gasteiger partial charge is 0.369 e. The molecule has 0 saturated carbocycles. The Kier molecular flexibility index (Phi) is 8.60. The average Bonchev–Trinajstić information content (AvgIpc) is 2.57. The molecule has 1 amide bonds. The number of nitrogens with two attached hydrogens (primary N) is 1. The molecule has 1 aromatic carbocycles. The normalized spacial score (nSPS) is 14.5. The van der Waals surface area contributed by atoms with Crippen molar-refractivity contribution in [2.45, 2.75) is 65.0 Å². The van der Waals surface area contributed by atoms with E-state index < -0.39 is 5.41 Å². The summed E-state index contributed by atoms with van der Waals surface area (Å²) < 4.78 is 0. The minimum atomic E-state index is -0.618. The van der Waals surface area contributed by atoms with Gasteiger partial charge in [0, 0.05) is 18.6 Å². The highest BCUT2D eigenvalue weighted by atomic mass is 16.1. The van der Waals surface area contributed by atoms with Gasteiger partial charge in [0.2, 0.25) is 5.91 Å². The van der Waals surface area contributed by atoms with Crippen molar-refractivity contribution in [3.05, 3.63) is 35.9 Å². The molecule has 1 atom stereocenters. The van der Waals surface area contributed by atoms with Crippen LogP contribution in [0.1, 0.15) is 53.0 Å². The average molecular weight is 348 g/mol. The molecule has 0 aromatic heterocycles. The molecule has 142 valence electrons. The molecule has 0 aliphatic heterocycles. The standard InChI is InChI=1S/C21H37N3O/c1-7-23(6)15-13-21(20(22)25,19-11-9-8-10-12-19)14-16-24(17(2)3)18(4)5/h8-12,17-18H,7,13-16H2,1-6H3,(H2,22,25). The second kappa shape index (κ2) is 9.93. The van der Waals surface area contributed by atoms with E-state index in [0.717, 1.165) is 38.0 Å². The Morgan fingerprint density at radius 3 is 2.00 bits per heavy atom. The second-order valence-electron chi connectivity index (χ2n) is 7.63. The number of amides is 1. The molecule has 0 saturated heterocycles. The van der Waals surface area contributed by atoms with E-state index in [9.17, 15) is 4.79 Å². The third-order valence-electron chi connectivity index (χ3n) is 5.38. The molecule has 0 radical (unpaired) electrons. The van der Waals surface area contributed by atoms with Crippen LogP contribution in [0.4, 0.5) is 0 Å². The lowest BCUT2D eigenvalue weighted by Gasteiger charge is -2.37. The first kappa shape index (κ1) is 21.7. The molecule has 1 unspecified atom stereocenters. The molecule has 0 bridgehead atoms. The van der Waals surface area contributed by atoms with Crippen molar-refractivity contribution in [1.82, 2.24) is 9.80 Å². The summed E-state index contributed by atoms with van der Waals surface area (Å²) in [5.41, 5.74) is 6.42. The fourth-order valence-electron chi connectivity index (χ4n) is 3.53. The molecule has 0 aliphatic rings. The van der Waals surface area contributed by atoms with Gasteiger partial charge in [-0.25, -0.2) is 0 Å². The van der Waals surface area contributed by atoms with Gasteiger partial charge >= 0.3 is 0 Å². The summed E-state index contributed by atoms with van der Waals surface area (Å²) in [6.45, 7) is 13.7. The van der Waals surface area contributed by atoms with Crippen LogP contribution in [0.3, 0.4) is 0 Å². The van der Waals surface area contributed by atoms with Crippen LogP contribution in [0.5, 0.6) is 0 Å². The van der Waals surface area contributed by atoms with Gasteiger partial charge in [0.05, 0.1) is 5.41 Å². The van der Waals surface area contributed by atoms with E-state index in [1.807, 2.05) is 30.3 Å². The van der Waals surface area contributed by atoms with Crippen LogP contribution >= 0.6 is 0 Å². The van der Waals surface area contributed by atoms with Crippen molar-refractivity contribution in [3.8, 4) is 0 Å². The lowest BCUT2D eigenvalue weighted by atomic mass is 9.73. The number of rotatable bonds is 11. The molecule has 0 aliphatic carbocycles. The predicted molar refractivity (Wildman–Crippen MR) is 107 cm³/mol. The highest BCUT2D eigenvalue weighted by molar-refractivity contribution is 5.86. The Balaban J connectivity index is 3.14. The van der Waals surface area contributed by atoms with Gasteiger partial charge in [0.15, 0.2) is 0 Å². The van der Waals surface area contributed by atoms with E-state index >= 15 is 0 Å². The van der Waals surface area contributed by atoms with Gasteiger partial charge in [0.25, 0.3) is 0 Å². The Hall–Kier alpha value is -1.39. The number of hydrogen-bond donors (Lipinski definition) is 1. The Bertz CT molecular complexity index is 507. The van der Waals surface area contributed by atoms with Gasteiger partial charge in [-0.15, -0.1) is 0 Å². The van der Waals surface area contributed by atoms with Crippen molar-refractivity contribution >= 4 is 5.91 Å². The van der Waals surface area contributed by atoms with Gasteiger partial charge < -0.3 is 10.6 Å². The highest BCUT2D eigenvalue weighted by Crippen LogP contribution is 2.33. The van der Waals surface area contributed by atoms with Crippen LogP contribution in [0.15, 0.2) is 30.3 Å². The van der Waals surface area contributed by atoms with Crippen molar-refractivity contribution < 1.29 is 4.79 Å². The van der Waals surface area contributed by atoms with Gasteiger partial charge in [-0.05, 0) is 66.2 Å². The number of carbonyl (C=O) groups excluding carboxylic acids is 1. The van der Waals surface area contributed by atoms with Crippen LogP contribution in [0.25, 0.3) is 0 Å². The lowest BCUT2D eigenvalue weighted by molar-refractivity contribution is -0.124. The highest BCUT2D eigenvalue weighted by Gasteiger charge is 2.38. The lowest BCUT2D eigenvalue weighted by Crippen LogP contribution is -2.47. The molecular weight excluding hydrogens is 310 g/mol. The second-order valence-corrected chi connectivity index (χ2v) is 7.63. The molecular formula is C21H37N3O. The Morgan fingerprint density at radius 1 is 1.04 bits per heavy atom. The molecule has 0 fully saturated rings. The van der Waals surface area contributed by atoms with E-state index in [1.54, 1.807) is 0 Å². The van der Waals surface area contributed by atoms with Gasteiger partial charge in [0.1, 0.15) is 0 Å². The Labute approximate surface area is 154 Å². The number of hydrogen-bond acceptors (Lipinski definition) is 3. The first-order valence-corrected chi connectivity index (χ1v) is 9.54. The third-order valence-corrected chi connectivity index (χ3v) is 5.38. The fourth-order valence-corrected chi connectivity index (χ4v) is 3.53. The van der Waals surface area contributed by atoms with Crippen molar-refractivity contribution in [2.24, 2.45) is 5.73 Å². The van der Waals surface area contributed by atoms with E-state index in [0.29, 0.717) is 12.1 Å². The molecule has 1 rings (SSSR count). The number of carbonyl (C=O) groups is 1. The maximum Gasteiger partial charge on any atom is 0.228 e. The smallest absolute Gasteiger partial charge is 0.228 e. The van der Waals surface area contributed by atoms with Crippen LogP contribution in [-0.2, 0) is 10.2 Å². The molecule has 2 N–H and O–H groups in total. The van der Waals surface area contributed by atoms with E-state index in [1.165, 1.54) is 0 Å². The summed E-state index contributed by atoms with van der Waals surface area (Å²) in [7, 11) is 2.09. The minimum Gasteiger partial charge on any atom is -0.369 e. The van der Waals surface area contributed by atoms with E-state index in [2.05, 4.69) is 51.5 Å². The summed E-state index contributed by atoms with van der Waals surface area (Å²) in [6.07, 6.45) is 1.50. The van der Waals surface area contributed by atoms with Crippen LogP contribution in [-0.4, -0.2) is 54.5 Å². The van der Waals surface area contributed by atoms with E-state index in [-0.39, 0.29) is 5.91 Å². The van der Waals surface area contributed by atoms with Crippen LogP contribution < -0.4 is 5.73 Å². The molecule has 4 nitrogen and oxygen atoms in total. The SMILES string of the molecule is CCN(C)CCC(CCN(C(C)C)C(C)C)(C(N)=O)c1ccccc1. The van der Waals surface area contributed by atoms with Gasteiger partial charge in [-0.2, -0.15) is 0 Å². The Morgan fingerprint density at radius 2 is 1.56 bits per heavy atom. The summed E-state index contributed by atoms with van der Waals surface area (Å²) >= 11 is 0. The predicted octanol–water partition coefficient (Wildman–Crippen LogP) is 3.26. The van der Waals surface area contributed by atoms with E-state index in [4.69, 9.17) is 5.73 Å². The first-order valence-electron chi connectivity index (χ1n) is 9.54. The molecule has 0 spiro atoms. The van der Waals surface area contributed by atoms with Crippen molar-refractivity contribution in [2.75, 3.05) is 26.7 Å². The number of primary amides is 1. The molecule has 0 heterocycles. The quantitative estimate of drug-likeness (QED) is 0.668. The van der Waals surface area contributed by atoms with Crippen molar-refractivity contribution in [3.63, 3.8) is 0 Å². The molecule has 1 aromatic rings. The van der Waals surface area contributed by atoms with Crippen LogP contribution in [0.2, 0.25) is 0 Å². The summed E-state index contributed by atoms with van der Waals surface area (Å²) in [5.74, 6) is -0.212. The number of nitrogens with zero attached hydrogens (tertiary/aromatic N) is 2. The topological polar surface area (TPSA) is 49.6 Å². The molecule has 4 heteroatoms. The zero-order valence-electron chi connectivity index (χ0n) is 17.0. The molecule has 25 heavy (non-hydrogen) atoms. The first-order chi connectivity index (χ1) is 11.7.